The molecule has 0 aliphatic heterocycles. The van der Waals surface area contributed by atoms with Crippen molar-refractivity contribution in [2.45, 2.75) is 20.8 Å². The van der Waals surface area contributed by atoms with E-state index in [1.165, 1.54) is 40.0 Å². The van der Waals surface area contributed by atoms with Crippen LogP contribution in [-0.4, -0.2) is 31.5 Å². The number of benzene rings is 3. The highest BCUT2D eigenvalue weighted by Gasteiger charge is 2.19. The van der Waals surface area contributed by atoms with Crippen LogP contribution in [-0.2, 0) is 19.2 Å². The molecule has 3 aromatic rings. The van der Waals surface area contributed by atoms with Gasteiger partial charge in [0.25, 0.3) is 6.47 Å². The van der Waals surface area contributed by atoms with Crippen molar-refractivity contribution in [3.63, 3.8) is 0 Å². The number of esters is 3. The average Bonchev–Trinajstić information content (AvgIpc) is 2.93. The first kappa shape index (κ1) is 30.1. The molecule has 0 spiro atoms. The van der Waals surface area contributed by atoms with Crippen molar-refractivity contribution in [2.75, 3.05) is 7.11 Å². The minimum Gasteiger partial charge on any atom is -0.493 e. The predicted molar refractivity (Wildman–Crippen MR) is 152 cm³/mol. The van der Waals surface area contributed by atoms with Crippen LogP contribution in [0.2, 0.25) is 0 Å². The van der Waals surface area contributed by atoms with Crippen molar-refractivity contribution in [2.24, 2.45) is 0 Å². The molecule has 9 nitrogen and oxygen atoms in total. The minimum atomic E-state index is -0.730. The Morgan fingerprint density at radius 3 is 1.56 bits per heavy atom. The first-order valence-corrected chi connectivity index (χ1v) is 12.1. The Hall–Kier alpha value is -5.44. The molecule has 3 rings (SSSR count). The number of rotatable bonds is 11. The van der Waals surface area contributed by atoms with Gasteiger partial charge in [0.15, 0.2) is 23.0 Å². The monoisotopic (exact) mass is 556 g/mol. The van der Waals surface area contributed by atoms with E-state index in [2.05, 4.69) is 19.7 Å². The number of hydrogen-bond acceptors (Lipinski definition) is 9. The van der Waals surface area contributed by atoms with Gasteiger partial charge in [-0.2, -0.15) is 0 Å². The zero-order valence-corrected chi connectivity index (χ0v) is 23.1. The maximum atomic E-state index is 12.6. The van der Waals surface area contributed by atoms with Gasteiger partial charge in [-0.3, -0.25) is 4.79 Å². The maximum absolute atomic E-state index is 12.6. The van der Waals surface area contributed by atoms with Crippen molar-refractivity contribution < 1.29 is 42.9 Å². The molecule has 41 heavy (non-hydrogen) atoms. The lowest BCUT2D eigenvalue weighted by Gasteiger charge is -2.16. The zero-order chi connectivity index (χ0) is 30.3. The molecule has 0 bridgehead atoms. The van der Waals surface area contributed by atoms with E-state index in [-0.39, 0.29) is 39.7 Å². The molecule has 3 aromatic carbocycles. The van der Waals surface area contributed by atoms with Gasteiger partial charge in [-0.15, -0.1) is 0 Å². The van der Waals surface area contributed by atoms with Crippen LogP contribution in [0.1, 0.15) is 20.8 Å². The van der Waals surface area contributed by atoms with Gasteiger partial charge in [0.2, 0.25) is 0 Å². The van der Waals surface area contributed by atoms with Gasteiger partial charge >= 0.3 is 17.9 Å². The Balaban J connectivity index is 2.17. The second-order valence-corrected chi connectivity index (χ2v) is 8.96. The largest absolute Gasteiger partial charge is 0.493 e. The first-order valence-electron chi connectivity index (χ1n) is 12.1. The number of ether oxygens (including phenoxy) is 5. The Morgan fingerprint density at radius 2 is 1.02 bits per heavy atom. The van der Waals surface area contributed by atoms with Crippen LogP contribution in [0.3, 0.4) is 0 Å². The van der Waals surface area contributed by atoms with Crippen LogP contribution in [0, 0.1) is 0 Å². The van der Waals surface area contributed by atoms with Crippen molar-refractivity contribution in [1.82, 2.24) is 0 Å². The standard InChI is InChI=1S/C32H28O9/c1-18(2)30(34)39-26-13-10-23(16-29(26)41-32(36)20(5)6)24-11-8-21(14-27(24)40-31(35)19(3)4)22-9-12-25(37-7)28(15-22)38-17-33/h8-17H,1,3,5H2,2,4,6-7H3. The van der Waals surface area contributed by atoms with E-state index in [1.54, 1.807) is 42.5 Å². The summed E-state index contributed by atoms with van der Waals surface area (Å²) >= 11 is 0. The van der Waals surface area contributed by atoms with E-state index in [9.17, 15) is 19.2 Å². The van der Waals surface area contributed by atoms with Crippen LogP contribution < -0.4 is 23.7 Å². The molecule has 0 saturated heterocycles. The van der Waals surface area contributed by atoms with Crippen molar-refractivity contribution in [1.29, 1.82) is 0 Å². The molecule has 0 aliphatic carbocycles. The third-order valence-corrected chi connectivity index (χ3v) is 5.56. The molecular formula is C32H28O9. The highest BCUT2D eigenvalue weighted by Crippen LogP contribution is 2.40. The molecule has 210 valence electrons. The molecule has 0 unspecified atom stereocenters. The Labute approximate surface area is 237 Å². The van der Waals surface area contributed by atoms with Crippen molar-refractivity contribution >= 4 is 24.4 Å². The fraction of sp³-hybridized carbons (Fsp3) is 0.125. The Kier molecular flexibility index (Phi) is 9.60. The summed E-state index contributed by atoms with van der Waals surface area (Å²) in [6.07, 6.45) is 0. The summed E-state index contributed by atoms with van der Waals surface area (Å²) in [5.41, 5.74) is 2.64. The van der Waals surface area contributed by atoms with E-state index in [1.807, 2.05) is 0 Å². The molecule has 0 N–H and O–H groups in total. The maximum Gasteiger partial charge on any atom is 0.338 e. The zero-order valence-electron chi connectivity index (χ0n) is 23.1. The van der Waals surface area contributed by atoms with Crippen LogP contribution in [0.5, 0.6) is 28.7 Å². The normalized spacial score (nSPS) is 10.1. The lowest BCUT2D eigenvalue weighted by molar-refractivity contribution is -0.132. The summed E-state index contributed by atoms with van der Waals surface area (Å²) in [5.74, 6) is -1.46. The van der Waals surface area contributed by atoms with Gasteiger partial charge < -0.3 is 23.7 Å². The molecule has 0 aromatic heterocycles. The van der Waals surface area contributed by atoms with Gasteiger partial charge in [-0.05, 0) is 67.8 Å². The van der Waals surface area contributed by atoms with Crippen molar-refractivity contribution in [3.8, 4) is 51.0 Å². The molecule has 9 heteroatoms. The van der Waals surface area contributed by atoms with Gasteiger partial charge in [0, 0.05) is 22.3 Å². The highest BCUT2D eigenvalue weighted by atomic mass is 16.6. The van der Waals surface area contributed by atoms with Gasteiger partial charge in [-0.1, -0.05) is 44.0 Å². The summed E-state index contributed by atoms with van der Waals surface area (Å²) in [7, 11) is 1.45. The lowest BCUT2D eigenvalue weighted by atomic mass is 9.98. The van der Waals surface area contributed by atoms with Crippen LogP contribution in [0.15, 0.2) is 91.1 Å². The van der Waals surface area contributed by atoms with Gasteiger partial charge in [0.05, 0.1) is 7.11 Å². The molecule has 0 aliphatic rings. The molecular weight excluding hydrogens is 528 g/mol. The van der Waals surface area contributed by atoms with Crippen LogP contribution in [0.25, 0.3) is 22.3 Å². The highest BCUT2D eigenvalue weighted by molar-refractivity contribution is 5.93. The smallest absolute Gasteiger partial charge is 0.338 e. The molecule has 0 heterocycles. The fourth-order valence-corrected chi connectivity index (χ4v) is 3.43. The predicted octanol–water partition coefficient (Wildman–Crippen LogP) is 6.01. The first-order chi connectivity index (χ1) is 19.4. The third-order valence-electron chi connectivity index (χ3n) is 5.56. The van der Waals surface area contributed by atoms with E-state index in [0.717, 1.165) is 0 Å². The number of carbonyl (C=O) groups excluding carboxylic acids is 4. The fourth-order valence-electron chi connectivity index (χ4n) is 3.43. The summed E-state index contributed by atoms with van der Waals surface area (Å²) in [6, 6.07) is 14.6. The van der Waals surface area contributed by atoms with Crippen LogP contribution in [0.4, 0.5) is 0 Å². The molecule has 0 radical (unpaired) electrons. The van der Waals surface area contributed by atoms with E-state index >= 15 is 0 Å². The van der Waals surface area contributed by atoms with Gasteiger partial charge in [-0.25, -0.2) is 14.4 Å². The van der Waals surface area contributed by atoms with E-state index in [4.69, 9.17) is 23.7 Å². The molecule has 0 saturated carbocycles. The summed E-state index contributed by atoms with van der Waals surface area (Å²) < 4.78 is 26.7. The summed E-state index contributed by atoms with van der Waals surface area (Å²) in [4.78, 5) is 48.0. The van der Waals surface area contributed by atoms with Crippen molar-refractivity contribution in [3.05, 3.63) is 91.1 Å². The summed E-state index contributed by atoms with van der Waals surface area (Å²) in [5, 5.41) is 0. The second-order valence-electron chi connectivity index (χ2n) is 8.96. The SMILES string of the molecule is C=C(C)C(=O)Oc1ccc(-c2ccc(-c3ccc(OC)c(OC=O)c3)cc2OC(=O)C(=C)C)cc1OC(=O)C(=C)C. The number of carbonyl (C=O) groups is 4. The number of hydrogen-bond donors (Lipinski definition) is 0. The van der Waals surface area contributed by atoms with E-state index < -0.39 is 17.9 Å². The lowest BCUT2D eigenvalue weighted by Crippen LogP contribution is -2.13. The molecule has 0 amide bonds. The average molecular weight is 557 g/mol. The number of methoxy groups -OCH3 is 1. The molecule has 0 fully saturated rings. The Bertz CT molecular complexity index is 1580. The van der Waals surface area contributed by atoms with Gasteiger partial charge in [0.1, 0.15) is 5.75 Å². The quantitative estimate of drug-likeness (QED) is 0.121. The summed E-state index contributed by atoms with van der Waals surface area (Å²) in [6.45, 7) is 15.6. The van der Waals surface area contributed by atoms with Crippen LogP contribution >= 0.6 is 0 Å². The van der Waals surface area contributed by atoms with E-state index in [0.29, 0.717) is 34.5 Å². The topological polar surface area (TPSA) is 114 Å². The third kappa shape index (κ3) is 7.36. The Morgan fingerprint density at radius 1 is 0.585 bits per heavy atom. The molecule has 0 atom stereocenters. The second kappa shape index (κ2) is 13.1. The minimum absolute atomic E-state index is 0.0191.